The number of carbonyl (C=O) groups is 1. The minimum Gasteiger partial charge on any atom is -0.367 e. The molecular formula is C13H18N2O2. The van der Waals surface area contributed by atoms with Crippen LogP contribution in [0.5, 0.6) is 0 Å². The molecule has 1 fully saturated rings. The maximum absolute atomic E-state index is 12.2. The number of amides is 1. The van der Waals surface area contributed by atoms with Gasteiger partial charge in [0, 0.05) is 26.1 Å². The van der Waals surface area contributed by atoms with Crippen LogP contribution in [0.3, 0.4) is 0 Å². The van der Waals surface area contributed by atoms with Gasteiger partial charge in [0.15, 0.2) is 6.10 Å². The SMILES string of the molecule is COC(C(=O)N1CC(CN)C1)c1ccccc1. The first kappa shape index (κ1) is 12.1. The first-order chi connectivity index (χ1) is 8.26. The summed E-state index contributed by atoms with van der Waals surface area (Å²) < 4.78 is 5.30. The Labute approximate surface area is 101 Å². The molecule has 0 bridgehead atoms. The fourth-order valence-corrected chi connectivity index (χ4v) is 2.07. The molecule has 0 aromatic heterocycles. The Kier molecular flexibility index (Phi) is 3.76. The number of methoxy groups -OCH3 is 1. The predicted octanol–water partition coefficient (Wildman–Crippen LogP) is 0.791. The summed E-state index contributed by atoms with van der Waals surface area (Å²) in [5, 5.41) is 0. The van der Waals surface area contributed by atoms with E-state index >= 15 is 0 Å². The molecule has 0 spiro atoms. The fourth-order valence-electron chi connectivity index (χ4n) is 2.07. The molecule has 17 heavy (non-hydrogen) atoms. The molecule has 1 unspecified atom stereocenters. The average molecular weight is 234 g/mol. The summed E-state index contributed by atoms with van der Waals surface area (Å²) in [6.45, 7) is 2.15. The minimum absolute atomic E-state index is 0.0309. The zero-order chi connectivity index (χ0) is 12.3. The number of rotatable bonds is 4. The molecule has 2 N–H and O–H groups in total. The predicted molar refractivity (Wildman–Crippen MR) is 65.3 cm³/mol. The van der Waals surface area contributed by atoms with Gasteiger partial charge in [-0.25, -0.2) is 0 Å². The molecule has 1 amide bonds. The normalized spacial score (nSPS) is 17.6. The van der Waals surface area contributed by atoms with Crippen LogP contribution in [0.15, 0.2) is 30.3 Å². The second kappa shape index (κ2) is 5.29. The van der Waals surface area contributed by atoms with Gasteiger partial charge >= 0.3 is 0 Å². The molecule has 1 saturated heterocycles. The third-order valence-electron chi connectivity index (χ3n) is 3.16. The van der Waals surface area contributed by atoms with Gasteiger partial charge in [0.2, 0.25) is 0 Å². The Balaban J connectivity index is 2.02. The van der Waals surface area contributed by atoms with Crippen LogP contribution in [0.2, 0.25) is 0 Å². The second-order valence-corrected chi connectivity index (χ2v) is 4.37. The van der Waals surface area contributed by atoms with E-state index in [-0.39, 0.29) is 5.91 Å². The first-order valence-corrected chi connectivity index (χ1v) is 5.83. The van der Waals surface area contributed by atoms with Gasteiger partial charge in [0.05, 0.1) is 0 Å². The summed E-state index contributed by atoms with van der Waals surface area (Å²) in [6.07, 6.45) is -0.491. The molecule has 1 atom stereocenters. The molecule has 1 aliphatic heterocycles. The van der Waals surface area contributed by atoms with Crippen molar-refractivity contribution in [1.82, 2.24) is 4.90 Å². The smallest absolute Gasteiger partial charge is 0.256 e. The maximum Gasteiger partial charge on any atom is 0.256 e. The van der Waals surface area contributed by atoms with Crippen LogP contribution in [0.1, 0.15) is 11.7 Å². The van der Waals surface area contributed by atoms with Crippen LogP contribution in [-0.4, -0.2) is 37.6 Å². The molecule has 0 aliphatic carbocycles. The van der Waals surface area contributed by atoms with E-state index in [0.717, 1.165) is 18.7 Å². The monoisotopic (exact) mass is 234 g/mol. The summed E-state index contributed by atoms with van der Waals surface area (Å²) in [5.41, 5.74) is 6.45. The number of hydrogen-bond donors (Lipinski definition) is 1. The summed E-state index contributed by atoms with van der Waals surface area (Å²) >= 11 is 0. The molecule has 4 nitrogen and oxygen atoms in total. The van der Waals surface area contributed by atoms with E-state index in [1.54, 1.807) is 12.0 Å². The highest BCUT2D eigenvalue weighted by molar-refractivity contribution is 5.83. The summed E-state index contributed by atoms with van der Waals surface area (Å²) in [7, 11) is 1.57. The molecule has 4 heteroatoms. The fraction of sp³-hybridized carbons (Fsp3) is 0.462. The van der Waals surface area contributed by atoms with E-state index in [1.807, 2.05) is 30.3 Å². The minimum atomic E-state index is -0.491. The van der Waals surface area contributed by atoms with Crippen molar-refractivity contribution in [3.8, 4) is 0 Å². The summed E-state index contributed by atoms with van der Waals surface area (Å²) in [4.78, 5) is 14.0. The number of carbonyl (C=O) groups excluding carboxylic acids is 1. The Hall–Kier alpha value is -1.39. The van der Waals surface area contributed by atoms with E-state index in [9.17, 15) is 4.79 Å². The van der Waals surface area contributed by atoms with Gasteiger partial charge in [-0.3, -0.25) is 4.79 Å². The molecule has 1 heterocycles. The topological polar surface area (TPSA) is 55.6 Å². The lowest BCUT2D eigenvalue weighted by Crippen LogP contribution is -2.54. The van der Waals surface area contributed by atoms with Crippen LogP contribution in [0.25, 0.3) is 0 Å². The van der Waals surface area contributed by atoms with Gasteiger partial charge in [0.25, 0.3) is 5.91 Å². The number of hydrogen-bond acceptors (Lipinski definition) is 3. The van der Waals surface area contributed by atoms with Gasteiger partial charge in [-0.2, -0.15) is 0 Å². The Morgan fingerprint density at radius 1 is 1.47 bits per heavy atom. The maximum atomic E-state index is 12.2. The van der Waals surface area contributed by atoms with Gasteiger partial charge in [-0.05, 0) is 12.1 Å². The van der Waals surface area contributed by atoms with Crippen LogP contribution >= 0.6 is 0 Å². The van der Waals surface area contributed by atoms with Crippen molar-refractivity contribution in [3.05, 3.63) is 35.9 Å². The molecule has 2 rings (SSSR count). The lowest BCUT2D eigenvalue weighted by atomic mass is 9.98. The highest BCUT2D eigenvalue weighted by atomic mass is 16.5. The highest BCUT2D eigenvalue weighted by Crippen LogP contribution is 2.24. The van der Waals surface area contributed by atoms with Gasteiger partial charge in [-0.1, -0.05) is 30.3 Å². The zero-order valence-electron chi connectivity index (χ0n) is 10.0. The van der Waals surface area contributed by atoms with Gasteiger partial charge in [0.1, 0.15) is 0 Å². The van der Waals surface area contributed by atoms with Crippen molar-refractivity contribution in [1.29, 1.82) is 0 Å². The Morgan fingerprint density at radius 2 is 2.12 bits per heavy atom. The lowest BCUT2D eigenvalue weighted by molar-refractivity contribution is -0.148. The van der Waals surface area contributed by atoms with E-state index in [1.165, 1.54) is 0 Å². The number of likely N-dealkylation sites (tertiary alicyclic amines) is 1. The molecule has 1 aromatic rings. The Bertz CT molecular complexity index is 374. The summed E-state index contributed by atoms with van der Waals surface area (Å²) in [6, 6.07) is 9.56. The first-order valence-electron chi connectivity index (χ1n) is 5.83. The lowest BCUT2D eigenvalue weighted by Gasteiger charge is -2.40. The van der Waals surface area contributed by atoms with Crippen molar-refractivity contribution in [2.75, 3.05) is 26.7 Å². The number of benzene rings is 1. The van der Waals surface area contributed by atoms with Crippen LogP contribution in [0.4, 0.5) is 0 Å². The van der Waals surface area contributed by atoms with Crippen molar-refractivity contribution in [3.63, 3.8) is 0 Å². The van der Waals surface area contributed by atoms with Crippen LogP contribution in [0, 0.1) is 5.92 Å². The number of nitrogens with two attached hydrogens (primary N) is 1. The molecule has 1 aromatic carbocycles. The van der Waals surface area contributed by atoms with E-state index in [4.69, 9.17) is 10.5 Å². The summed E-state index contributed by atoms with van der Waals surface area (Å²) in [5.74, 6) is 0.482. The van der Waals surface area contributed by atoms with Gasteiger partial charge < -0.3 is 15.4 Å². The third kappa shape index (κ3) is 2.48. The van der Waals surface area contributed by atoms with Crippen molar-refractivity contribution < 1.29 is 9.53 Å². The average Bonchev–Trinajstić information content (AvgIpc) is 2.30. The molecule has 92 valence electrons. The quantitative estimate of drug-likeness (QED) is 0.838. The van der Waals surface area contributed by atoms with Crippen molar-refractivity contribution >= 4 is 5.91 Å². The Morgan fingerprint density at radius 3 is 2.65 bits per heavy atom. The van der Waals surface area contributed by atoms with Gasteiger partial charge in [-0.15, -0.1) is 0 Å². The third-order valence-corrected chi connectivity index (χ3v) is 3.16. The standard InChI is InChI=1S/C13H18N2O2/c1-17-12(11-5-3-2-4-6-11)13(16)15-8-10(7-14)9-15/h2-6,10,12H,7-9,14H2,1H3. The van der Waals surface area contributed by atoms with Crippen LogP contribution < -0.4 is 5.73 Å². The largest absolute Gasteiger partial charge is 0.367 e. The molecule has 0 radical (unpaired) electrons. The van der Waals surface area contributed by atoms with Crippen LogP contribution in [-0.2, 0) is 9.53 Å². The van der Waals surface area contributed by atoms with Crippen molar-refractivity contribution in [2.24, 2.45) is 11.7 Å². The van der Waals surface area contributed by atoms with E-state index < -0.39 is 6.10 Å². The van der Waals surface area contributed by atoms with E-state index in [2.05, 4.69) is 0 Å². The number of ether oxygens (including phenoxy) is 1. The van der Waals surface area contributed by atoms with Crippen molar-refractivity contribution in [2.45, 2.75) is 6.10 Å². The highest BCUT2D eigenvalue weighted by Gasteiger charge is 2.34. The molecule has 0 saturated carbocycles. The second-order valence-electron chi connectivity index (χ2n) is 4.37. The molecular weight excluding hydrogens is 216 g/mol. The number of nitrogens with zero attached hydrogens (tertiary/aromatic N) is 1. The zero-order valence-corrected chi connectivity index (χ0v) is 10.0. The molecule has 1 aliphatic rings. The van der Waals surface area contributed by atoms with E-state index in [0.29, 0.717) is 12.5 Å².